The van der Waals surface area contributed by atoms with Crippen molar-refractivity contribution in [2.75, 3.05) is 26.7 Å². The minimum Gasteiger partial charge on any atom is -0.391 e. The molecule has 3 aliphatic rings. The molecule has 2 aliphatic heterocycles. The number of amides is 3. The summed E-state index contributed by atoms with van der Waals surface area (Å²) in [5, 5.41) is 18.9. The van der Waals surface area contributed by atoms with Crippen LogP contribution >= 0.6 is 0 Å². The molecule has 3 rings (SSSR count). The summed E-state index contributed by atoms with van der Waals surface area (Å²) < 4.78 is 0. The predicted octanol–water partition coefficient (Wildman–Crippen LogP) is 0.813. The fourth-order valence-electron chi connectivity index (χ4n) is 4.73. The van der Waals surface area contributed by atoms with Crippen molar-refractivity contribution in [3.8, 4) is 0 Å². The number of urea groups is 1. The Bertz CT molecular complexity index is 582. The molecule has 0 aromatic heterocycles. The molecule has 2 saturated heterocycles. The van der Waals surface area contributed by atoms with Gasteiger partial charge in [0.05, 0.1) is 6.10 Å². The van der Waals surface area contributed by atoms with Gasteiger partial charge in [-0.1, -0.05) is 19.3 Å². The molecule has 1 aliphatic carbocycles. The van der Waals surface area contributed by atoms with E-state index in [0.29, 0.717) is 12.5 Å². The molecule has 0 aromatic carbocycles. The Morgan fingerprint density at radius 1 is 1.26 bits per heavy atom. The zero-order chi connectivity index (χ0) is 19.4. The molecule has 1 saturated carbocycles. The minimum absolute atomic E-state index is 0.103. The number of likely N-dealkylation sites (tertiary alicyclic amines) is 1. The van der Waals surface area contributed by atoms with E-state index in [4.69, 9.17) is 0 Å². The number of nitrogens with zero attached hydrogens (tertiary/aromatic N) is 2. The molecule has 0 radical (unpaired) electrons. The smallest absolute Gasteiger partial charge is 0.322 e. The van der Waals surface area contributed by atoms with Crippen molar-refractivity contribution in [2.24, 2.45) is 16.8 Å². The van der Waals surface area contributed by atoms with Crippen LogP contribution in [0.5, 0.6) is 0 Å². The summed E-state index contributed by atoms with van der Waals surface area (Å²) in [6.07, 6.45) is 7.20. The van der Waals surface area contributed by atoms with Crippen LogP contribution in [-0.2, 0) is 4.79 Å². The van der Waals surface area contributed by atoms with Gasteiger partial charge in [0, 0.05) is 26.7 Å². The van der Waals surface area contributed by atoms with Gasteiger partial charge in [-0.2, -0.15) is 0 Å². The number of aliphatic hydroxyl groups excluding tert-OH is 1. The van der Waals surface area contributed by atoms with Gasteiger partial charge >= 0.3 is 6.03 Å². The first-order valence-electron chi connectivity index (χ1n) is 10.2. The maximum atomic E-state index is 12.1. The third kappa shape index (κ3) is 4.36. The Balaban J connectivity index is 1.48. The number of carbonyl (C=O) groups excluding carboxylic acids is 2. The average Bonchev–Trinajstić information content (AvgIpc) is 2.96. The van der Waals surface area contributed by atoms with E-state index in [1.165, 1.54) is 19.3 Å². The van der Waals surface area contributed by atoms with Crippen LogP contribution in [0.2, 0.25) is 0 Å². The van der Waals surface area contributed by atoms with Crippen molar-refractivity contribution in [1.82, 2.24) is 20.9 Å². The van der Waals surface area contributed by atoms with E-state index in [9.17, 15) is 14.7 Å². The van der Waals surface area contributed by atoms with Crippen LogP contribution in [0.1, 0.15) is 51.9 Å². The number of nitrogens with one attached hydrogen (secondary N) is 3. The van der Waals surface area contributed by atoms with Gasteiger partial charge in [0.15, 0.2) is 5.96 Å². The number of piperidine rings is 1. The Morgan fingerprint density at radius 3 is 2.48 bits per heavy atom. The lowest BCUT2D eigenvalue weighted by atomic mass is 9.79. The number of aliphatic imine (C=N–C) groups is 1. The second kappa shape index (κ2) is 8.46. The van der Waals surface area contributed by atoms with Crippen LogP contribution in [0.3, 0.4) is 0 Å². The number of rotatable bonds is 4. The van der Waals surface area contributed by atoms with E-state index in [1.807, 2.05) is 0 Å². The van der Waals surface area contributed by atoms with E-state index in [-0.39, 0.29) is 17.9 Å². The van der Waals surface area contributed by atoms with Crippen LogP contribution in [0.4, 0.5) is 4.79 Å². The Morgan fingerprint density at radius 2 is 1.93 bits per heavy atom. The molecular weight excluding hydrogens is 346 g/mol. The van der Waals surface area contributed by atoms with E-state index < -0.39 is 11.6 Å². The molecule has 8 nitrogen and oxygen atoms in total. The number of imide groups is 1. The zero-order valence-corrected chi connectivity index (χ0v) is 16.5. The highest BCUT2D eigenvalue weighted by atomic mass is 16.3. The first-order chi connectivity index (χ1) is 12.9. The van der Waals surface area contributed by atoms with Gasteiger partial charge in [-0.05, 0) is 44.4 Å². The number of aliphatic hydroxyl groups is 1. The fraction of sp³-hybridized carbons (Fsp3) is 0.842. The van der Waals surface area contributed by atoms with Crippen molar-refractivity contribution in [3.05, 3.63) is 0 Å². The van der Waals surface area contributed by atoms with Gasteiger partial charge in [0.2, 0.25) is 0 Å². The van der Waals surface area contributed by atoms with E-state index in [2.05, 4.69) is 25.8 Å². The Labute approximate surface area is 161 Å². The molecule has 0 bridgehead atoms. The van der Waals surface area contributed by atoms with Crippen LogP contribution in [0.15, 0.2) is 4.99 Å². The first kappa shape index (κ1) is 19.9. The predicted molar refractivity (Wildman–Crippen MR) is 103 cm³/mol. The maximum absolute atomic E-state index is 12.1. The summed E-state index contributed by atoms with van der Waals surface area (Å²) in [5.74, 6) is 1.06. The Kier molecular flexibility index (Phi) is 6.24. The van der Waals surface area contributed by atoms with Crippen LogP contribution < -0.4 is 16.0 Å². The molecule has 3 fully saturated rings. The molecule has 4 N–H and O–H groups in total. The van der Waals surface area contributed by atoms with Crippen molar-refractivity contribution in [1.29, 1.82) is 0 Å². The molecular formula is C19H33N5O3. The van der Waals surface area contributed by atoms with Crippen molar-refractivity contribution < 1.29 is 14.7 Å². The molecule has 2 unspecified atom stereocenters. The van der Waals surface area contributed by atoms with Gasteiger partial charge in [0.1, 0.15) is 5.54 Å². The largest absolute Gasteiger partial charge is 0.391 e. The molecule has 2 atom stereocenters. The minimum atomic E-state index is -0.822. The number of hydrogen-bond donors (Lipinski definition) is 4. The van der Waals surface area contributed by atoms with Gasteiger partial charge in [-0.25, -0.2) is 4.79 Å². The topological polar surface area (TPSA) is 106 Å². The highest BCUT2D eigenvalue weighted by molar-refractivity contribution is 6.07. The second-order valence-electron chi connectivity index (χ2n) is 8.27. The SMILES string of the molecule is CN=C(NCC(O)C1CCCCC1)N1CCC(C2(C)NC(=O)NC2=O)CC1. The normalized spacial score (nSPS) is 29.4. The van der Waals surface area contributed by atoms with Gasteiger partial charge in [-0.15, -0.1) is 0 Å². The standard InChI is InChI=1S/C19H33N5O3/c1-19(16(26)22-18(27)23-19)14-8-10-24(11-9-14)17(20-2)21-12-15(25)13-6-4-3-5-7-13/h13-15,25H,3-12H2,1-2H3,(H,20,21)(H2,22,23,26,27). The average molecular weight is 380 g/mol. The van der Waals surface area contributed by atoms with Crippen molar-refractivity contribution in [2.45, 2.75) is 63.5 Å². The summed E-state index contributed by atoms with van der Waals surface area (Å²) in [7, 11) is 1.76. The van der Waals surface area contributed by atoms with Crippen molar-refractivity contribution >= 4 is 17.9 Å². The molecule has 0 aromatic rings. The molecule has 2 heterocycles. The van der Waals surface area contributed by atoms with Crippen LogP contribution in [0, 0.1) is 11.8 Å². The lowest BCUT2D eigenvalue weighted by Crippen LogP contribution is -2.55. The second-order valence-corrected chi connectivity index (χ2v) is 8.27. The van der Waals surface area contributed by atoms with Gasteiger partial charge in [-0.3, -0.25) is 15.1 Å². The molecule has 27 heavy (non-hydrogen) atoms. The van der Waals surface area contributed by atoms with E-state index >= 15 is 0 Å². The van der Waals surface area contributed by atoms with Crippen molar-refractivity contribution in [3.63, 3.8) is 0 Å². The van der Waals surface area contributed by atoms with Gasteiger partial charge in [0.25, 0.3) is 5.91 Å². The zero-order valence-electron chi connectivity index (χ0n) is 16.5. The highest BCUT2D eigenvalue weighted by Crippen LogP contribution is 2.31. The molecule has 152 valence electrons. The lowest BCUT2D eigenvalue weighted by Gasteiger charge is -2.40. The van der Waals surface area contributed by atoms with E-state index in [0.717, 1.165) is 44.7 Å². The number of hydrogen-bond acceptors (Lipinski definition) is 4. The van der Waals surface area contributed by atoms with E-state index in [1.54, 1.807) is 14.0 Å². The summed E-state index contributed by atoms with van der Waals surface area (Å²) >= 11 is 0. The summed E-state index contributed by atoms with van der Waals surface area (Å²) in [6.45, 7) is 3.86. The third-order valence-corrected chi connectivity index (χ3v) is 6.56. The summed E-state index contributed by atoms with van der Waals surface area (Å²) in [5.41, 5.74) is -0.822. The third-order valence-electron chi connectivity index (χ3n) is 6.56. The summed E-state index contributed by atoms with van der Waals surface area (Å²) in [6, 6.07) is -0.404. The maximum Gasteiger partial charge on any atom is 0.322 e. The Hall–Kier alpha value is -1.83. The monoisotopic (exact) mass is 379 g/mol. The van der Waals surface area contributed by atoms with Crippen LogP contribution in [0.25, 0.3) is 0 Å². The quantitative estimate of drug-likeness (QED) is 0.329. The summed E-state index contributed by atoms with van der Waals surface area (Å²) in [4.78, 5) is 30.2. The molecule has 3 amide bonds. The number of carbonyl (C=O) groups is 2. The highest BCUT2D eigenvalue weighted by Gasteiger charge is 2.48. The van der Waals surface area contributed by atoms with Gasteiger partial charge < -0.3 is 20.6 Å². The lowest BCUT2D eigenvalue weighted by molar-refractivity contribution is -0.125. The number of guanidine groups is 1. The molecule has 0 spiro atoms. The fourth-order valence-corrected chi connectivity index (χ4v) is 4.73. The van der Waals surface area contributed by atoms with Crippen LogP contribution in [-0.4, -0.2) is 66.2 Å². The molecule has 8 heteroatoms. The first-order valence-corrected chi connectivity index (χ1v) is 10.2.